The molecule has 7 heteroatoms. The standard InChI is InChI=1S/C16H12N6O/c17-9-10-4-6-13(7-5-10)19-21-15-14(20-22-16(15)23)11-2-1-3-12(18)8-11/h1-8H,18H2,(H2,20,22,23). The highest BCUT2D eigenvalue weighted by Crippen LogP contribution is 2.27. The maximum Gasteiger partial charge on any atom is 0.292 e. The zero-order chi connectivity index (χ0) is 16.2. The van der Waals surface area contributed by atoms with Gasteiger partial charge in [0, 0.05) is 11.3 Å². The van der Waals surface area contributed by atoms with Crippen LogP contribution < -0.4 is 11.3 Å². The minimum atomic E-state index is -0.375. The molecule has 0 saturated carbocycles. The molecular formula is C16H12N6O. The van der Waals surface area contributed by atoms with Gasteiger partial charge in [-0.2, -0.15) is 10.4 Å². The van der Waals surface area contributed by atoms with E-state index >= 15 is 0 Å². The van der Waals surface area contributed by atoms with Gasteiger partial charge in [-0.15, -0.1) is 5.11 Å². The number of azo groups is 1. The SMILES string of the molecule is N#Cc1ccc(N=Nc2c(-c3cccc(N)c3)[nH][nH]c2=O)cc1. The lowest BCUT2D eigenvalue weighted by Crippen LogP contribution is -1.96. The number of nitrogens with zero attached hydrogens (tertiary/aromatic N) is 3. The number of nitrogens with one attached hydrogen (secondary N) is 2. The summed E-state index contributed by atoms with van der Waals surface area (Å²) in [5.41, 5.74) is 8.46. The first-order valence-corrected chi connectivity index (χ1v) is 6.76. The average Bonchev–Trinajstić information content (AvgIpc) is 2.94. The number of benzene rings is 2. The normalized spacial score (nSPS) is 10.7. The van der Waals surface area contributed by atoms with E-state index in [2.05, 4.69) is 20.4 Å². The molecule has 0 aliphatic carbocycles. The number of nitrogens with two attached hydrogens (primary N) is 1. The van der Waals surface area contributed by atoms with Gasteiger partial charge in [0.05, 0.1) is 23.0 Å². The van der Waals surface area contributed by atoms with Crippen LogP contribution in [0.25, 0.3) is 11.3 Å². The third kappa shape index (κ3) is 3.01. The third-order valence-corrected chi connectivity index (χ3v) is 3.19. The summed E-state index contributed by atoms with van der Waals surface area (Å²) < 4.78 is 0. The predicted molar refractivity (Wildman–Crippen MR) is 86.6 cm³/mol. The summed E-state index contributed by atoms with van der Waals surface area (Å²) in [6, 6.07) is 15.7. The topological polar surface area (TPSA) is 123 Å². The van der Waals surface area contributed by atoms with Crippen LogP contribution in [-0.4, -0.2) is 10.2 Å². The second-order valence-corrected chi connectivity index (χ2v) is 4.79. The van der Waals surface area contributed by atoms with Gasteiger partial charge in [-0.25, -0.2) is 0 Å². The van der Waals surface area contributed by atoms with Crippen molar-refractivity contribution < 1.29 is 0 Å². The summed E-state index contributed by atoms with van der Waals surface area (Å²) in [5, 5.41) is 22.1. The molecule has 0 fully saturated rings. The van der Waals surface area contributed by atoms with Crippen LogP contribution in [0.4, 0.5) is 17.1 Å². The van der Waals surface area contributed by atoms with Crippen LogP contribution >= 0.6 is 0 Å². The third-order valence-electron chi connectivity index (χ3n) is 3.19. The summed E-state index contributed by atoms with van der Waals surface area (Å²) in [6.45, 7) is 0. The van der Waals surface area contributed by atoms with E-state index in [9.17, 15) is 4.79 Å². The first-order chi connectivity index (χ1) is 11.2. The summed E-state index contributed by atoms with van der Waals surface area (Å²) in [5.74, 6) is 0. The van der Waals surface area contributed by atoms with Crippen LogP contribution in [0.2, 0.25) is 0 Å². The lowest BCUT2D eigenvalue weighted by atomic mass is 10.1. The van der Waals surface area contributed by atoms with E-state index in [1.807, 2.05) is 12.1 Å². The molecule has 1 heterocycles. The van der Waals surface area contributed by atoms with E-state index in [4.69, 9.17) is 11.0 Å². The van der Waals surface area contributed by atoms with Gasteiger partial charge < -0.3 is 5.73 Å². The molecule has 0 bridgehead atoms. The van der Waals surface area contributed by atoms with Crippen molar-refractivity contribution in [2.45, 2.75) is 0 Å². The molecule has 0 amide bonds. The molecule has 0 spiro atoms. The molecule has 7 nitrogen and oxygen atoms in total. The van der Waals surface area contributed by atoms with Crippen LogP contribution in [0.5, 0.6) is 0 Å². The summed E-state index contributed by atoms with van der Waals surface area (Å²) in [4.78, 5) is 11.9. The Morgan fingerprint density at radius 3 is 2.52 bits per heavy atom. The van der Waals surface area contributed by atoms with E-state index in [1.165, 1.54) is 0 Å². The number of H-pyrrole nitrogens is 2. The van der Waals surface area contributed by atoms with Gasteiger partial charge in [0.1, 0.15) is 0 Å². The molecule has 0 atom stereocenters. The van der Waals surface area contributed by atoms with Gasteiger partial charge in [-0.05, 0) is 36.4 Å². The lowest BCUT2D eigenvalue weighted by molar-refractivity contribution is 1.06. The van der Waals surface area contributed by atoms with E-state index in [-0.39, 0.29) is 11.2 Å². The predicted octanol–water partition coefficient (Wildman–Crippen LogP) is 3.24. The molecule has 1 aromatic heterocycles. The summed E-state index contributed by atoms with van der Waals surface area (Å²) in [7, 11) is 0. The van der Waals surface area contributed by atoms with Crippen LogP contribution in [0.1, 0.15) is 5.56 Å². The van der Waals surface area contributed by atoms with Crippen molar-refractivity contribution in [1.82, 2.24) is 10.2 Å². The highest BCUT2D eigenvalue weighted by atomic mass is 16.1. The van der Waals surface area contributed by atoms with E-state index in [0.717, 1.165) is 5.56 Å². The molecule has 3 aromatic rings. The van der Waals surface area contributed by atoms with Crippen molar-refractivity contribution in [3.63, 3.8) is 0 Å². The van der Waals surface area contributed by atoms with Gasteiger partial charge in [0.15, 0.2) is 5.69 Å². The first kappa shape index (κ1) is 14.3. The van der Waals surface area contributed by atoms with Crippen molar-refractivity contribution in [2.24, 2.45) is 10.2 Å². The van der Waals surface area contributed by atoms with Gasteiger partial charge in [-0.3, -0.25) is 15.0 Å². The largest absolute Gasteiger partial charge is 0.399 e. The van der Waals surface area contributed by atoms with E-state index in [1.54, 1.807) is 42.5 Å². The van der Waals surface area contributed by atoms with Crippen molar-refractivity contribution in [3.05, 3.63) is 64.4 Å². The number of nitrogen functional groups attached to an aromatic ring is 1. The number of nitriles is 1. The molecule has 0 aliphatic heterocycles. The molecule has 112 valence electrons. The molecule has 3 rings (SSSR count). The molecule has 23 heavy (non-hydrogen) atoms. The Balaban J connectivity index is 1.97. The van der Waals surface area contributed by atoms with E-state index < -0.39 is 0 Å². The first-order valence-electron chi connectivity index (χ1n) is 6.76. The maximum absolute atomic E-state index is 11.9. The second-order valence-electron chi connectivity index (χ2n) is 4.79. The Kier molecular flexibility index (Phi) is 3.72. The lowest BCUT2D eigenvalue weighted by Gasteiger charge is -2.00. The van der Waals surface area contributed by atoms with Crippen molar-refractivity contribution in [3.8, 4) is 17.3 Å². The Labute approximate surface area is 131 Å². The smallest absolute Gasteiger partial charge is 0.292 e. The van der Waals surface area contributed by atoms with Crippen molar-refractivity contribution in [2.75, 3.05) is 5.73 Å². The summed E-state index contributed by atoms with van der Waals surface area (Å²) >= 11 is 0. The van der Waals surface area contributed by atoms with Crippen LogP contribution in [0, 0.1) is 11.3 Å². The number of hydrogen-bond donors (Lipinski definition) is 3. The van der Waals surface area contributed by atoms with Crippen LogP contribution in [-0.2, 0) is 0 Å². The zero-order valence-electron chi connectivity index (χ0n) is 11.9. The zero-order valence-corrected chi connectivity index (χ0v) is 11.9. The number of anilines is 1. The van der Waals surface area contributed by atoms with Crippen molar-refractivity contribution >= 4 is 17.1 Å². The van der Waals surface area contributed by atoms with Gasteiger partial charge in [-0.1, -0.05) is 12.1 Å². The fourth-order valence-electron chi connectivity index (χ4n) is 2.06. The minimum absolute atomic E-state index is 0.167. The average molecular weight is 304 g/mol. The molecule has 0 aliphatic rings. The molecule has 4 N–H and O–H groups in total. The van der Waals surface area contributed by atoms with Gasteiger partial charge in [0.2, 0.25) is 0 Å². The van der Waals surface area contributed by atoms with Crippen LogP contribution in [0.3, 0.4) is 0 Å². The number of rotatable bonds is 3. The molecule has 0 unspecified atom stereocenters. The maximum atomic E-state index is 11.9. The summed E-state index contributed by atoms with van der Waals surface area (Å²) in [6.07, 6.45) is 0. The number of hydrogen-bond acceptors (Lipinski definition) is 5. The van der Waals surface area contributed by atoms with Crippen LogP contribution in [0.15, 0.2) is 63.6 Å². The number of aromatic amines is 2. The van der Waals surface area contributed by atoms with Gasteiger partial charge in [0.25, 0.3) is 5.56 Å². The Morgan fingerprint density at radius 2 is 1.83 bits per heavy atom. The fraction of sp³-hybridized carbons (Fsp3) is 0. The fourth-order valence-corrected chi connectivity index (χ4v) is 2.06. The Hall–Kier alpha value is -3.66. The quantitative estimate of drug-likeness (QED) is 0.508. The highest BCUT2D eigenvalue weighted by molar-refractivity contribution is 5.73. The molecule has 0 radical (unpaired) electrons. The van der Waals surface area contributed by atoms with E-state index in [0.29, 0.717) is 22.6 Å². The van der Waals surface area contributed by atoms with Gasteiger partial charge >= 0.3 is 0 Å². The monoisotopic (exact) mass is 304 g/mol. The Bertz CT molecular complexity index is 959. The molecule has 2 aromatic carbocycles. The molecule has 0 saturated heterocycles. The molecular weight excluding hydrogens is 292 g/mol. The second kappa shape index (κ2) is 5.99. The van der Waals surface area contributed by atoms with Crippen molar-refractivity contribution in [1.29, 1.82) is 5.26 Å². The minimum Gasteiger partial charge on any atom is -0.399 e. The highest BCUT2D eigenvalue weighted by Gasteiger charge is 2.11. The number of aromatic nitrogens is 2. The Morgan fingerprint density at radius 1 is 1.04 bits per heavy atom.